The Kier molecular flexibility index (Phi) is 8.62. The summed E-state index contributed by atoms with van der Waals surface area (Å²) in [5.41, 5.74) is 7.36. The number of nitrogens with zero attached hydrogens (tertiary/aromatic N) is 5. The van der Waals surface area contributed by atoms with Crippen molar-refractivity contribution < 1.29 is 9.18 Å². The van der Waals surface area contributed by atoms with Crippen LogP contribution in [0.4, 0.5) is 15.8 Å². The van der Waals surface area contributed by atoms with E-state index in [9.17, 15) is 9.18 Å². The number of amides is 1. The molecule has 11 heteroatoms. The number of aromatic nitrogens is 6. The Balaban J connectivity index is 1.16. The van der Waals surface area contributed by atoms with Crippen molar-refractivity contribution in [2.24, 2.45) is 5.92 Å². The number of hydrogen-bond donors (Lipinski definition) is 4. The Morgan fingerprint density at radius 2 is 1.83 bits per heavy atom. The topological polar surface area (TPSA) is 128 Å². The normalized spacial score (nSPS) is 13.9. The van der Waals surface area contributed by atoms with E-state index < -0.39 is 0 Å². The number of halogens is 1. The van der Waals surface area contributed by atoms with Crippen molar-refractivity contribution in [3.05, 3.63) is 72.9 Å². The van der Waals surface area contributed by atoms with Gasteiger partial charge in [0.2, 0.25) is 5.91 Å². The zero-order valence-electron chi connectivity index (χ0n) is 26.6. The molecule has 0 aliphatic heterocycles. The highest BCUT2D eigenvalue weighted by Crippen LogP contribution is 2.34. The molecule has 2 aromatic carbocycles. The van der Waals surface area contributed by atoms with Crippen LogP contribution < -0.4 is 10.6 Å². The molecule has 1 fully saturated rings. The average Bonchev–Trinajstić information content (AvgIpc) is 3.69. The zero-order valence-corrected chi connectivity index (χ0v) is 26.6. The lowest BCUT2D eigenvalue weighted by Crippen LogP contribution is -2.20. The molecule has 0 radical (unpaired) electrons. The van der Waals surface area contributed by atoms with Crippen molar-refractivity contribution in [2.75, 3.05) is 37.8 Å². The van der Waals surface area contributed by atoms with Gasteiger partial charge < -0.3 is 20.5 Å². The van der Waals surface area contributed by atoms with Gasteiger partial charge in [0.1, 0.15) is 17.0 Å². The molecule has 10 nitrogen and oxygen atoms in total. The molecule has 1 aliphatic carbocycles. The second-order valence-electron chi connectivity index (χ2n) is 12.7. The summed E-state index contributed by atoms with van der Waals surface area (Å²) < 4.78 is 14.7. The second-order valence-corrected chi connectivity index (χ2v) is 12.7. The van der Waals surface area contributed by atoms with Crippen molar-refractivity contribution >= 4 is 39.3 Å². The molecule has 240 valence electrons. The number of nitrogens with one attached hydrogen (secondary N) is 4. The van der Waals surface area contributed by atoms with E-state index in [1.54, 1.807) is 18.6 Å². The number of carbonyl (C=O) groups excluding carboxylic acids is 1. The van der Waals surface area contributed by atoms with E-state index in [1.165, 1.54) is 31.4 Å². The first kappa shape index (κ1) is 30.5. The minimum atomic E-state index is -0.330. The third-order valence-electron chi connectivity index (χ3n) is 8.82. The van der Waals surface area contributed by atoms with Crippen LogP contribution in [0.5, 0.6) is 0 Å². The third kappa shape index (κ3) is 6.85. The highest BCUT2D eigenvalue weighted by Gasteiger charge is 2.19. The van der Waals surface area contributed by atoms with Crippen molar-refractivity contribution in [3.63, 3.8) is 0 Å². The van der Waals surface area contributed by atoms with E-state index in [0.29, 0.717) is 58.5 Å². The lowest BCUT2D eigenvalue weighted by molar-refractivity contribution is -0.117. The van der Waals surface area contributed by atoms with Gasteiger partial charge in [-0.05, 0) is 86.4 Å². The number of likely N-dealkylation sites (N-methyl/N-ethyl adjacent to an activating group) is 1. The van der Waals surface area contributed by atoms with Gasteiger partial charge in [0.15, 0.2) is 11.5 Å². The molecule has 1 saturated carbocycles. The molecule has 0 atom stereocenters. The number of pyridine rings is 2. The number of anilines is 2. The number of aromatic amines is 2. The van der Waals surface area contributed by atoms with E-state index in [1.807, 2.05) is 50.5 Å². The van der Waals surface area contributed by atoms with Crippen molar-refractivity contribution in [1.82, 2.24) is 35.0 Å². The maximum Gasteiger partial charge on any atom is 0.224 e. The molecule has 6 aromatic rings. The Morgan fingerprint density at radius 3 is 2.68 bits per heavy atom. The summed E-state index contributed by atoms with van der Waals surface area (Å²) in [6.07, 6.45) is 11.7. The van der Waals surface area contributed by atoms with E-state index >= 15 is 0 Å². The number of fused-ring (bicyclic) bond motifs is 2. The van der Waals surface area contributed by atoms with Crippen molar-refractivity contribution in [2.45, 2.75) is 38.5 Å². The highest BCUT2D eigenvalue weighted by atomic mass is 19.1. The fourth-order valence-corrected chi connectivity index (χ4v) is 6.43. The molecule has 0 bridgehead atoms. The summed E-state index contributed by atoms with van der Waals surface area (Å²) in [5.74, 6) is 0.721. The number of imidazole rings is 1. The molecule has 4 heterocycles. The Labute approximate surface area is 272 Å². The molecule has 0 saturated heterocycles. The van der Waals surface area contributed by atoms with Crippen LogP contribution in [0.15, 0.2) is 67.1 Å². The van der Waals surface area contributed by atoms with Crippen LogP contribution in [-0.2, 0) is 4.79 Å². The van der Waals surface area contributed by atoms with Crippen LogP contribution in [0.25, 0.3) is 55.8 Å². The Bertz CT molecular complexity index is 2040. The third-order valence-corrected chi connectivity index (χ3v) is 8.82. The van der Waals surface area contributed by atoms with Gasteiger partial charge in [-0.25, -0.2) is 14.4 Å². The first-order valence-electron chi connectivity index (χ1n) is 16.2. The monoisotopic (exact) mass is 631 g/mol. The summed E-state index contributed by atoms with van der Waals surface area (Å²) in [7, 11) is 4.00. The molecule has 1 aliphatic rings. The summed E-state index contributed by atoms with van der Waals surface area (Å²) in [4.78, 5) is 32.0. The standard InChI is InChI=1S/C36H38FN9O/c1-46(2)13-12-39-27-16-24(15-26(37)19-27)29-10-11-40-35-33(29)42-36(43-35)34-30-18-23(8-9-31(30)44-45-34)25-17-28(21-38-20-25)41-32(47)14-22-6-4-3-5-7-22/h8-11,15-22,39H,3-7,12-14H2,1-2H3,(H,41,47)(H,44,45)(H,40,42,43). The lowest BCUT2D eigenvalue weighted by Gasteiger charge is -2.20. The molecule has 47 heavy (non-hydrogen) atoms. The molecular weight excluding hydrogens is 593 g/mol. The maximum atomic E-state index is 14.7. The quantitative estimate of drug-likeness (QED) is 0.125. The molecule has 1 amide bonds. The molecule has 4 N–H and O–H groups in total. The van der Waals surface area contributed by atoms with Gasteiger partial charge >= 0.3 is 0 Å². The summed E-state index contributed by atoms with van der Waals surface area (Å²) in [6, 6.07) is 14.7. The summed E-state index contributed by atoms with van der Waals surface area (Å²) >= 11 is 0. The Hall–Kier alpha value is -5.16. The average molecular weight is 632 g/mol. The van der Waals surface area contributed by atoms with Crippen LogP contribution in [0.3, 0.4) is 0 Å². The predicted octanol–water partition coefficient (Wildman–Crippen LogP) is 7.25. The van der Waals surface area contributed by atoms with Gasteiger partial charge in [0.25, 0.3) is 0 Å². The fourth-order valence-electron chi connectivity index (χ4n) is 6.43. The molecular formula is C36H38FN9O. The molecule has 0 spiro atoms. The van der Waals surface area contributed by atoms with Crippen LogP contribution in [0, 0.1) is 11.7 Å². The highest BCUT2D eigenvalue weighted by molar-refractivity contribution is 5.98. The SMILES string of the molecule is CN(C)CCNc1cc(F)cc(-c2ccnc3[nH]c(-c4n[nH]c5ccc(-c6cncc(NC(=O)CC7CCCCC7)c6)cc45)nc23)c1. The molecule has 7 rings (SSSR count). The van der Waals surface area contributed by atoms with Gasteiger partial charge in [-0.2, -0.15) is 5.10 Å². The summed E-state index contributed by atoms with van der Waals surface area (Å²) in [6.45, 7) is 1.52. The number of benzene rings is 2. The zero-order chi connectivity index (χ0) is 32.3. The van der Waals surface area contributed by atoms with Crippen molar-refractivity contribution in [1.29, 1.82) is 0 Å². The van der Waals surface area contributed by atoms with Crippen LogP contribution in [-0.4, -0.2) is 68.1 Å². The number of hydrogen-bond acceptors (Lipinski definition) is 7. The number of H-pyrrole nitrogens is 2. The first-order valence-corrected chi connectivity index (χ1v) is 16.2. The van der Waals surface area contributed by atoms with Crippen LogP contribution >= 0.6 is 0 Å². The largest absolute Gasteiger partial charge is 0.384 e. The smallest absolute Gasteiger partial charge is 0.224 e. The molecule has 4 aromatic heterocycles. The van der Waals surface area contributed by atoms with E-state index in [0.717, 1.165) is 47.0 Å². The lowest BCUT2D eigenvalue weighted by atomic mass is 9.87. The van der Waals surface area contributed by atoms with Gasteiger partial charge in [0, 0.05) is 54.1 Å². The van der Waals surface area contributed by atoms with E-state index in [-0.39, 0.29) is 11.7 Å². The minimum Gasteiger partial charge on any atom is -0.384 e. The fraction of sp³-hybridized carbons (Fsp3) is 0.306. The minimum absolute atomic E-state index is 0.0383. The van der Waals surface area contributed by atoms with Crippen molar-refractivity contribution in [3.8, 4) is 33.8 Å². The van der Waals surface area contributed by atoms with Gasteiger partial charge in [-0.15, -0.1) is 0 Å². The second kappa shape index (κ2) is 13.3. The van der Waals surface area contributed by atoms with Gasteiger partial charge in [0.05, 0.1) is 17.4 Å². The van der Waals surface area contributed by atoms with Crippen LogP contribution in [0.1, 0.15) is 38.5 Å². The maximum absolute atomic E-state index is 14.7. The van der Waals surface area contributed by atoms with Crippen LogP contribution in [0.2, 0.25) is 0 Å². The number of rotatable bonds is 10. The predicted molar refractivity (Wildman–Crippen MR) is 184 cm³/mol. The van der Waals surface area contributed by atoms with Gasteiger partial charge in [-0.3, -0.25) is 14.9 Å². The first-order chi connectivity index (χ1) is 22.9. The number of carbonyl (C=O) groups is 1. The van der Waals surface area contributed by atoms with E-state index in [2.05, 4.69) is 40.7 Å². The Morgan fingerprint density at radius 1 is 0.979 bits per heavy atom. The van der Waals surface area contributed by atoms with E-state index in [4.69, 9.17) is 4.98 Å². The van der Waals surface area contributed by atoms with Gasteiger partial charge in [-0.1, -0.05) is 25.3 Å². The molecule has 0 unspecified atom stereocenters. The summed E-state index contributed by atoms with van der Waals surface area (Å²) in [5, 5.41) is 14.9.